The van der Waals surface area contributed by atoms with Gasteiger partial charge in [-0.2, -0.15) is 0 Å². The third-order valence-corrected chi connectivity index (χ3v) is 4.59. The first-order chi connectivity index (χ1) is 11.3. The van der Waals surface area contributed by atoms with Gasteiger partial charge in [0, 0.05) is 5.92 Å². The van der Waals surface area contributed by atoms with Gasteiger partial charge in [0.25, 0.3) is 0 Å². The molecule has 24 heavy (non-hydrogen) atoms. The highest BCUT2D eigenvalue weighted by atomic mass is 16.5. The molecule has 1 unspecified atom stereocenters. The van der Waals surface area contributed by atoms with E-state index < -0.39 is 0 Å². The highest BCUT2D eigenvalue weighted by Crippen LogP contribution is 2.30. The van der Waals surface area contributed by atoms with Crippen molar-refractivity contribution in [3.63, 3.8) is 0 Å². The van der Waals surface area contributed by atoms with E-state index in [1.54, 1.807) is 0 Å². The van der Waals surface area contributed by atoms with Crippen molar-refractivity contribution in [3.05, 3.63) is 64.7 Å². The Labute approximate surface area is 147 Å². The van der Waals surface area contributed by atoms with Crippen LogP contribution in [0.25, 0.3) is 0 Å². The molecule has 2 rings (SSSR count). The van der Waals surface area contributed by atoms with Gasteiger partial charge < -0.3 is 10.5 Å². The molecule has 2 N–H and O–H groups in total. The number of hydrogen-bond donors (Lipinski definition) is 1. The fourth-order valence-electron chi connectivity index (χ4n) is 3.04. The third kappa shape index (κ3) is 4.61. The van der Waals surface area contributed by atoms with Crippen molar-refractivity contribution in [2.45, 2.75) is 52.4 Å². The monoisotopic (exact) mass is 325 g/mol. The van der Waals surface area contributed by atoms with Crippen LogP contribution in [0.2, 0.25) is 0 Å². The molecule has 0 saturated carbocycles. The second-order valence-corrected chi connectivity index (χ2v) is 7.54. The molecular formula is C22H31NO. The van der Waals surface area contributed by atoms with E-state index in [0.717, 1.165) is 12.2 Å². The maximum atomic E-state index is 6.13. The summed E-state index contributed by atoms with van der Waals surface area (Å²) in [6, 6.07) is 15.2. The lowest BCUT2D eigenvalue weighted by atomic mass is 9.81. The largest absolute Gasteiger partial charge is 0.494 e. The predicted octanol–water partition coefficient (Wildman–Crippen LogP) is 4.98. The molecule has 0 bridgehead atoms. The van der Waals surface area contributed by atoms with Crippen LogP contribution in [0.3, 0.4) is 0 Å². The molecule has 0 saturated heterocycles. The van der Waals surface area contributed by atoms with E-state index in [9.17, 15) is 0 Å². The van der Waals surface area contributed by atoms with Crippen LogP contribution in [0.1, 0.15) is 55.9 Å². The molecule has 0 aromatic heterocycles. The SMILES string of the molecule is CCOc1ccc(CC(CN)c2cc(C(C)(C)C)ccc2C)cc1. The average Bonchev–Trinajstić information content (AvgIpc) is 2.54. The molecule has 2 aromatic rings. The van der Waals surface area contributed by atoms with Crippen molar-refractivity contribution in [2.24, 2.45) is 5.73 Å². The van der Waals surface area contributed by atoms with Gasteiger partial charge >= 0.3 is 0 Å². The second-order valence-electron chi connectivity index (χ2n) is 7.54. The maximum Gasteiger partial charge on any atom is 0.119 e. The zero-order valence-corrected chi connectivity index (χ0v) is 15.7. The number of ether oxygens (including phenoxy) is 1. The fraction of sp³-hybridized carbons (Fsp3) is 0.455. The first-order valence-corrected chi connectivity index (χ1v) is 8.88. The van der Waals surface area contributed by atoms with Crippen molar-refractivity contribution in [3.8, 4) is 5.75 Å². The molecule has 2 heteroatoms. The topological polar surface area (TPSA) is 35.2 Å². The number of hydrogen-bond acceptors (Lipinski definition) is 2. The summed E-state index contributed by atoms with van der Waals surface area (Å²) in [6.07, 6.45) is 0.956. The zero-order chi connectivity index (χ0) is 17.7. The highest BCUT2D eigenvalue weighted by molar-refractivity contribution is 5.38. The van der Waals surface area contributed by atoms with Crippen LogP contribution in [-0.4, -0.2) is 13.2 Å². The summed E-state index contributed by atoms with van der Waals surface area (Å²) >= 11 is 0. The van der Waals surface area contributed by atoms with Crippen molar-refractivity contribution in [2.75, 3.05) is 13.2 Å². The number of rotatable bonds is 6. The first-order valence-electron chi connectivity index (χ1n) is 8.88. The first kappa shape index (κ1) is 18.5. The standard InChI is InChI=1S/C22H31NO/c1-6-24-20-11-8-17(9-12-20)13-18(15-23)21-14-19(22(3,4)5)10-7-16(21)2/h7-12,14,18H,6,13,15,23H2,1-5H3. The molecule has 0 fully saturated rings. The van der Waals surface area contributed by atoms with Gasteiger partial charge in [0.1, 0.15) is 5.75 Å². The molecule has 2 nitrogen and oxygen atoms in total. The summed E-state index contributed by atoms with van der Waals surface area (Å²) in [5.74, 6) is 1.27. The Balaban J connectivity index is 2.25. The van der Waals surface area contributed by atoms with Gasteiger partial charge in [-0.1, -0.05) is 51.1 Å². The van der Waals surface area contributed by atoms with Crippen LogP contribution >= 0.6 is 0 Å². The number of aryl methyl sites for hydroxylation is 1. The molecular weight excluding hydrogens is 294 g/mol. The maximum absolute atomic E-state index is 6.13. The minimum atomic E-state index is 0.154. The summed E-state index contributed by atoms with van der Waals surface area (Å²) < 4.78 is 5.52. The number of benzene rings is 2. The average molecular weight is 325 g/mol. The second kappa shape index (κ2) is 7.85. The Bertz CT molecular complexity index is 653. The van der Waals surface area contributed by atoms with E-state index >= 15 is 0 Å². The summed E-state index contributed by atoms with van der Waals surface area (Å²) in [4.78, 5) is 0. The number of nitrogens with two attached hydrogens (primary N) is 1. The molecule has 2 aromatic carbocycles. The lowest BCUT2D eigenvalue weighted by Crippen LogP contribution is -2.18. The predicted molar refractivity (Wildman–Crippen MR) is 103 cm³/mol. The van der Waals surface area contributed by atoms with Crippen molar-refractivity contribution in [1.82, 2.24) is 0 Å². The molecule has 0 aliphatic rings. The lowest BCUT2D eigenvalue weighted by Gasteiger charge is -2.24. The van der Waals surface area contributed by atoms with E-state index in [0.29, 0.717) is 19.1 Å². The molecule has 0 heterocycles. The van der Waals surface area contributed by atoms with Gasteiger partial charge in [0.05, 0.1) is 6.61 Å². The van der Waals surface area contributed by atoms with Crippen LogP contribution in [0.5, 0.6) is 5.75 Å². The Morgan fingerprint density at radius 1 is 1.04 bits per heavy atom. The summed E-state index contributed by atoms with van der Waals surface area (Å²) in [6.45, 7) is 12.3. The molecule has 130 valence electrons. The van der Waals surface area contributed by atoms with Gasteiger partial charge in [-0.05, 0) is 66.6 Å². The van der Waals surface area contributed by atoms with E-state index in [2.05, 4.69) is 58.0 Å². The fourth-order valence-corrected chi connectivity index (χ4v) is 3.04. The Hall–Kier alpha value is -1.80. The molecule has 0 aliphatic carbocycles. The Morgan fingerprint density at radius 3 is 2.25 bits per heavy atom. The highest BCUT2D eigenvalue weighted by Gasteiger charge is 2.18. The summed E-state index contributed by atoms with van der Waals surface area (Å²) in [5, 5.41) is 0. The molecule has 0 radical (unpaired) electrons. The van der Waals surface area contributed by atoms with Crippen molar-refractivity contribution in [1.29, 1.82) is 0 Å². The van der Waals surface area contributed by atoms with E-state index in [1.807, 2.05) is 19.1 Å². The smallest absolute Gasteiger partial charge is 0.119 e. The lowest BCUT2D eigenvalue weighted by molar-refractivity contribution is 0.340. The molecule has 0 amide bonds. The van der Waals surface area contributed by atoms with Gasteiger partial charge in [-0.25, -0.2) is 0 Å². The minimum absolute atomic E-state index is 0.154. The summed E-state index contributed by atoms with van der Waals surface area (Å²) in [5.41, 5.74) is 11.7. The van der Waals surface area contributed by atoms with Gasteiger partial charge in [0.2, 0.25) is 0 Å². The van der Waals surface area contributed by atoms with E-state index in [4.69, 9.17) is 10.5 Å². The van der Waals surface area contributed by atoms with Crippen LogP contribution in [0.15, 0.2) is 42.5 Å². The van der Waals surface area contributed by atoms with E-state index in [-0.39, 0.29) is 5.41 Å². The van der Waals surface area contributed by atoms with E-state index in [1.165, 1.54) is 22.3 Å². The van der Waals surface area contributed by atoms with Gasteiger partial charge in [-0.15, -0.1) is 0 Å². The van der Waals surface area contributed by atoms with Gasteiger partial charge in [-0.3, -0.25) is 0 Å². The zero-order valence-electron chi connectivity index (χ0n) is 15.7. The normalized spacial score (nSPS) is 12.9. The molecule has 0 aliphatic heterocycles. The van der Waals surface area contributed by atoms with Crippen LogP contribution < -0.4 is 10.5 Å². The quantitative estimate of drug-likeness (QED) is 0.813. The van der Waals surface area contributed by atoms with Crippen LogP contribution in [0, 0.1) is 6.92 Å². The summed E-state index contributed by atoms with van der Waals surface area (Å²) in [7, 11) is 0. The van der Waals surface area contributed by atoms with Crippen molar-refractivity contribution < 1.29 is 4.74 Å². The van der Waals surface area contributed by atoms with Crippen molar-refractivity contribution >= 4 is 0 Å². The van der Waals surface area contributed by atoms with Gasteiger partial charge in [0.15, 0.2) is 0 Å². The molecule has 0 spiro atoms. The molecule has 1 atom stereocenters. The minimum Gasteiger partial charge on any atom is -0.494 e. The van der Waals surface area contributed by atoms with Crippen LogP contribution in [0.4, 0.5) is 0 Å². The Kier molecular flexibility index (Phi) is 6.06. The Morgan fingerprint density at radius 2 is 1.71 bits per heavy atom. The van der Waals surface area contributed by atoms with Crippen LogP contribution in [-0.2, 0) is 11.8 Å². The third-order valence-electron chi connectivity index (χ3n) is 4.59.